The van der Waals surface area contributed by atoms with Crippen LogP contribution in [0.1, 0.15) is 19.3 Å². The smallest absolute Gasteiger partial charge is 0.223 e. The summed E-state index contributed by atoms with van der Waals surface area (Å²) in [4.78, 5) is 13.6. The minimum Gasteiger partial charge on any atom is -0.492 e. The molecule has 0 unspecified atom stereocenters. The van der Waals surface area contributed by atoms with Crippen LogP contribution >= 0.6 is 15.9 Å². The van der Waals surface area contributed by atoms with Crippen LogP contribution in [0, 0.1) is 0 Å². The zero-order chi connectivity index (χ0) is 14.4. The number of likely N-dealkylation sites (N-methyl/N-ethyl adjacent to an activating group) is 1. The van der Waals surface area contributed by atoms with Crippen molar-refractivity contribution in [2.75, 3.05) is 26.7 Å². The van der Waals surface area contributed by atoms with Crippen molar-refractivity contribution < 1.29 is 9.53 Å². The highest BCUT2D eigenvalue weighted by Crippen LogP contribution is 2.18. The molecule has 4 nitrogen and oxygen atoms in total. The third-order valence-electron chi connectivity index (χ3n) is 3.28. The van der Waals surface area contributed by atoms with E-state index in [-0.39, 0.29) is 5.91 Å². The van der Waals surface area contributed by atoms with Gasteiger partial charge in [0, 0.05) is 30.5 Å². The Kier molecular flexibility index (Phi) is 5.86. The van der Waals surface area contributed by atoms with Crippen molar-refractivity contribution >= 4 is 21.8 Å². The van der Waals surface area contributed by atoms with Crippen LogP contribution in [-0.4, -0.2) is 43.6 Å². The SMILES string of the molecule is CN(CCOc1ccc(Br)cc1)C(=O)CCNC1CC1. The molecule has 1 aromatic rings. The van der Waals surface area contributed by atoms with Crippen molar-refractivity contribution in [2.45, 2.75) is 25.3 Å². The molecule has 1 fully saturated rings. The second kappa shape index (κ2) is 7.64. The molecule has 1 aromatic carbocycles. The number of nitrogens with one attached hydrogen (secondary N) is 1. The summed E-state index contributed by atoms with van der Waals surface area (Å²) in [6, 6.07) is 8.35. The Morgan fingerprint density at radius 3 is 2.75 bits per heavy atom. The summed E-state index contributed by atoms with van der Waals surface area (Å²) in [6.07, 6.45) is 3.07. The molecule has 0 heterocycles. The van der Waals surface area contributed by atoms with Crippen molar-refractivity contribution in [2.24, 2.45) is 0 Å². The summed E-state index contributed by atoms with van der Waals surface area (Å²) in [5.74, 6) is 0.988. The molecular formula is C15H21BrN2O2. The maximum atomic E-state index is 11.9. The number of hydrogen-bond donors (Lipinski definition) is 1. The van der Waals surface area contributed by atoms with E-state index in [0.717, 1.165) is 16.8 Å². The number of rotatable bonds is 8. The zero-order valence-electron chi connectivity index (χ0n) is 11.8. The number of ether oxygens (including phenoxy) is 1. The van der Waals surface area contributed by atoms with E-state index in [1.165, 1.54) is 12.8 Å². The number of nitrogens with zero attached hydrogens (tertiary/aromatic N) is 1. The first-order valence-electron chi connectivity index (χ1n) is 7.01. The first kappa shape index (κ1) is 15.3. The first-order valence-corrected chi connectivity index (χ1v) is 7.80. The molecule has 2 rings (SSSR count). The zero-order valence-corrected chi connectivity index (χ0v) is 13.4. The molecule has 0 bridgehead atoms. The lowest BCUT2D eigenvalue weighted by molar-refractivity contribution is -0.130. The van der Waals surface area contributed by atoms with Crippen molar-refractivity contribution in [1.29, 1.82) is 0 Å². The summed E-state index contributed by atoms with van der Waals surface area (Å²) in [6.45, 7) is 1.90. The number of halogens is 1. The number of carbonyl (C=O) groups excluding carboxylic acids is 1. The van der Waals surface area contributed by atoms with E-state index in [0.29, 0.717) is 25.6 Å². The number of hydrogen-bond acceptors (Lipinski definition) is 3. The molecule has 0 saturated heterocycles. The maximum absolute atomic E-state index is 11.9. The number of carbonyl (C=O) groups is 1. The molecule has 0 radical (unpaired) electrons. The van der Waals surface area contributed by atoms with Gasteiger partial charge in [-0.3, -0.25) is 4.79 Å². The highest BCUT2D eigenvalue weighted by molar-refractivity contribution is 9.10. The molecule has 20 heavy (non-hydrogen) atoms. The van der Waals surface area contributed by atoms with Gasteiger partial charge in [-0.2, -0.15) is 0 Å². The maximum Gasteiger partial charge on any atom is 0.223 e. The van der Waals surface area contributed by atoms with Gasteiger partial charge in [0.25, 0.3) is 0 Å². The molecule has 0 spiro atoms. The quantitative estimate of drug-likeness (QED) is 0.790. The lowest BCUT2D eigenvalue weighted by atomic mass is 10.3. The van der Waals surface area contributed by atoms with Crippen LogP contribution in [0.3, 0.4) is 0 Å². The third-order valence-corrected chi connectivity index (χ3v) is 3.81. The van der Waals surface area contributed by atoms with E-state index in [1.54, 1.807) is 4.90 Å². The van der Waals surface area contributed by atoms with Crippen molar-refractivity contribution in [3.8, 4) is 5.75 Å². The van der Waals surface area contributed by atoms with Crippen LogP contribution in [0.15, 0.2) is 28.7 Å². The van der Waals surface area contributed by atoms with Crippen LogP contribution in [0.5, 0.6) is 5.75 Å². The van der Waals surface area contributed by atoms with E-state index in [9.17, 15) is 4.79 Å². The second-order valence-electron chi connectivity index (χ2n) is 5.10. The van der Waals surface area contributed by atoms with E-state index in [4.69, 9.17) is 4.74 Å². The monoisotopic (exact) mass is 340 g/mol. The van der Waals surface area contributed by atoms with Crippen LogP contribution in [0.25, 0.3) is 0 Å². The van der Waals surface area contributed by atoms with Crippen molar-refractivity contribution in [3.05, 3.63) is 28.7 Å². The predicted molar refractivity (Wildman–Crippen MR) is 82.9 cm³/mol. The highest BCUT2D eigenvalue weighted by atomic mass is 79.9. The Balaban J connectivity index is 1.59. The summed E-state index contributed by atoms with van der Waals surface area (Å²) in [5.41, 5.74) is 0. The second-order valence-corrected chi connectivity index (χ2v) is 6.01. The molecule has 0 aliphatic heterocycles. The summed E-state index contributed by atoms with van der Waals surface area (Å²) < 4.78 is 6.63. The van der Waals surface area contributed by atoms with Crippen molar-refractivity contribution in [3.63, 3.8) is 0 Å². The Morgan fingerprint density at radius 2 is 2.10 bits per heavy atom. The minimum atomic E-state index is 0.164. The van der Waals surface area contributed by atoms with Gasteiger partial charge >= 0.3 is 0 Å². The van der Waals surface area contributed by atoms with Gasteiger partial charge in [-0.1, -0.05) is 15.9 Å². The van der Waals surface area contributed by atoms with Gasteiger partial charge in [0.2, 0.25) is 5.91 Å². The average molecular weight is 341 g/mol. The van der Waals surface area contributed by atoms with Gasteiger partial charge in [0.1, 0.15) is 12.4 Å². The fraction of sp³-hybridized carbons (Fsp3) is 0.533. The Hall–Kier alpha value is -1.07. The fourth-order valence-corrected chi connectivity index (χ4v) is 2.08. The highest BCUT2D eigenvalue weighted by Gasteiger charge is 2.20. The van der Waals surface area contributed by atoms with Crippen LogP contribution in [0.2, 0.25) is 0 Å². The molecule has 5 heteroatoms. The normalized spacial score (nSPS) is 14.1. The lowest BCUT2D eigenvalue weighted by Gasteiger charge is -2.17. The van der Waals surface area contributed by atoms with Gasteiger partial charge in [-0.25, -0.2) is 0 Å². The van der Waals surface area contributed by atoms with Gasteiger partial charge in [0.15, 0.2) is 0 Å². The molecule has 1 aliphatic rings. The lowest BCUT2D eigenvalue weighted by Crippen LogP contribution is -2.33. The average Bonchev–Trinajstić information content (AvgIpc) is 3.25. The van der Waals surface area contributed by atoms with Crippen LogP contribution < -0.4 is 10.1 Å². The van der Waals surface area contributed by atoms with Gasteiger partial charge in [0.05, 0.1) is 6.54 Å². The van der Waals surface area contributed by atoms with Crippen LogP contribution in [0.4, 0.5) is 0 Å². The van der Waals surface area contributed by atoms with Crippen LogP contribution in [-0.2, 0) is 4.79 Å². The Morgan fingerprint density at radius 1 is 1.40 bits per heavy atom. The standard InChI is InChI=1S/C15H21BrN2O2/c1-18(15(19)8-9-17-13-4-5-13)10-11-20-14-6-2-12(16)3-7-14/h2-3,6-7,13,17H,4-5,8-11H2,1H3. The first-order chi connectivity index (χ1) is 9.65. The Bertz CT molecular complexity index is 432. The summed E-state index contributed by atoms with van der Waals surface area (Å²) in [7, 11) is 1.82. The van der Waals surface area contributed by atoms with Gasteiger partial charge in [-0.05, 0) is 37.1 Å². The molecule has 1 amide bonds. The molecule has 1 N–H and O–H groups in total. The number of benzene rings is 1. The van der Waals surface area contributed by atoms with E-state index < -0.39 is 0 Å². The minimum absolute atomic E-state index is 0.164. The molecule has 0 aromatic heterocycles. The molecule has 110 valence electrons. The molecule has 1 saturated carbocycles. The van der Waals surface area contributed by atoms with E-state index in [1.807, 2.05) is 31.3 Å². The van der Waals surface area contributed by atoms with Gasteiger partial charge in [-0.15, -0.1) is 0 Å². The topological polar surface area (TPSA) is 41.6 Å². The molecule has 0 atom stereocenters. The van der Waals surface area contributed by atoms with Crippen molar-refractivity contribution in [1.82, 2.24) is 10.2 Å². The summed E-state index contributed by atoms with van der Waals surface area (Å²) in [5, 5.41) is 3.35. The molecule has 1 aliphatic carbocycles. The predicted octanol–water partition coefficient (Wildman–Crippen LogP) is 2.43. The number of amides is 1. The van der Waals surface area contributed by atoms with Gasteiger partial charge < -0.3 is 15.0 Å². The molecular weight excluding hydrogens is 320 g/mol. The van der Waals surface area contributed by atoms with E-state index >= 15 is 0 Å². The summed E-state index contributed by atoms with van der Waals surface area (Å²) >= 11 is 3.38. The fourth-order valence-electron chi connectivity index (χ4n) is 1.82. The van der Waals surface area contributed by atoms with E-state index in [2.05, 4.69) is 21.2 Å². The largest absolute Gasteiger partial charge is 0.492 e. The Labute approximate surface area is 128 Å². The third kappa shape index (κ3) is 5.51.